The second kappa shape index (κ2) is 8.72. The zero-order valence-electron chi connectivity index (χ0n) is 13.6. The molecular formula is C17H18N6S2. The van der Waals surface area contributed by atoms with E-state index in [-0.39, 0.29) is 0 Å². The molecule has 0 aliphatic carbocycles. The Morgan fingerprint density at radius 3 is 2.04 bits per heavy atom. The number of hydrogen-bond acceptors (Lipinski definition) is 8. The van der Waals surface area contributed by atoms with E-state index in [0.29, 0.717) is 11.6 Å². The van der Waals surface area contributed by atoms with Crippen LogP contribution < -0.4 is 20.5 Å². The number of benzene rings is 2. The van der Waals surface area contributed by atoms with Gasteiger partial charge in [-0.15, -0.1) is 0 Å². The molecule has 1 aromatic heterocycles. The molecule has 128 valence electrons. The Labute approximate surface area is 155 Å². The molecule has 3 rings (SSSR count). The highest BCUT2D eigenvalue weighted by Crippen LogP contribution is 2.24. The fourth-order valence-electron chi connectivity index (χ4n) is 2.19. The Morgan fingerprint density at radius 1 is 0.840 bits per heavy atom. The van der Waals surface area contributed by atoms with Crippen LogP contribution in [0.15, 0.2) is 70.7 Å². The second-order valence-corrected chi connectivity index (χ2v) is 6.81. The molecule has 8 heteroatoms. The summed E-state index contributed by atoms with van der Waals surface area (Å²) in [7, 11) is 1.89. The number of hydrogen-bond donors (Lipinski definition) is 4. The van der Waals surface area contributed by atoms with Crippen molar-refractivity contribution in [3.8, 4) is 0 Å². The van der Waals surface area contributed by atoms with E-state index >= 15 is 0 Å². The average Bonchev–Trinajstić information content (AvgIpc) is 2.63. The molecule has 3 aromatic rings. The van der Waals surface area contributed by atoms with Crippen LogP contribution in [0, 0.1) is 0 Å². The van der Waals surface area contributed by atoms with E-state index in [1.165, 1.54) is 18.3 Å². The van der Waals surface area contributed by atoms with Gasteiger partial charge in [0.15, 0.2) is 0 Å². The van der Waals surface area contributed by atoms with Gasteiger partial charge in [0, 0.05) is 27.2 Å². The maximum absolute atomic E-state index is 5.60. The number of nitrogens with two attached hydrogens (primary N) is 1. The molecule has 1 heterocycles. The monoisotopic (exact) mass is 370 g/mol. The Balaban J connectivity index is 1.74. The van der Waals surface area contributed by atoms with Gasteiger partial charge in [-0.25, -0.2) is 9.97 Å². The third-order valence-electron chi connectivity index (χ3n) is 3.24. The molecule has 0 aliphatic rings. The quantitative estimate of drug-likeness (QED) is 0.461. The number of anilines is 4. The summed E-state index contributed by atoms with van der Waals surface area (Å²) in [5.41, 5.74) is 1.89. The number of rotatable bonds is 7. The van der Waals surface area contributed by atoms with Crippen LogP contribution in [0.2, 0.25) is 0 Å². The first kappa shape index (κ1) is 17.6. The van der Waals surface area contributed by atoms with Gasteiger partial charge in [0.05, 0.1) is 0 Å². The lowest BCUT2D eigenvalue weighted by Crippen LogP contribution is -1.99. The van der Waals surface area contributed by atoms with Crippen LogP contribution >= 0.6 is 23.9 Å². The lowest BCUT2D eigenvalue weighted by molar-refractivity contribution is 1.16. The molecule has 0 bridgehead atoms. The van der Waals surface area contributed by atoms with Gasteiger partial charge in [0.25, 0.3) is 0 Å². The van der Waals surface area contributed by atoms with Crippen LogP contribution in [0.4, 0.5) is 23.0 Å². The topological polar surface area (TPSA) is 87.9 Å². The summed E-state index contributed by atoms with van der Waals surface area (Å²) in [6, 6.07) is 17.8. The van der Waals surface area contributed by atoms with Gasteiger partial charge in [-0.2, -0.15) is 0 Å². The molecule has 0 saturated heterocycles. The minimum Gasteiger partial charge on any atom is -0.340 e. The highest BCUT2D eigenvalue weighted by Gasteiger charge is 2.02. The smallest absolute Gasteiger partial charge is 0.135 e. The summed E-state index contributed by atoms with van der Waals surface area (Å²) in [5.74, 6) is 1.42. The van der Waals surface area contributed by atoms with Crippen molar-refractivity contribution in [2.45, 2.75) is 9.79 Å². The van der Waals surface area contributed by atoms with Gasteiger partial charge < -0.3 is 10.6 Å². The van der Waals surface area contributed by atoms with Crippen LogP contribution in [0.25, 0.3) is 0 Å². The maximum atomic E-state index is 5.60. The zero-order chi connectivity index (χ0) is 17.5. The molecule has 0 saturated carbocycles. The summed E-state index contributed by atoms with van der Waals surface area (Å²) < 4.78 is 3.06. The average molecular weight is 371 g/mol. The normalized spacial score (nSPS) is 10.5. The molecule has 0 spiro atoms. The van der Waals surface area contributed by atoms with Gasteiger partial charge in [-0.1, -0.05) is 12.1 Å². The van der Waals surface area contributed by atoms with E-state index in [1.54, 1.807) is 11.9 Å². The summed E-state index contributed by atoms with van der Waals surface area (Å²) in [5, 5.41) is 12.2. The van der Waals surface area contributed by atoms with E-state index in [9.17, 15) is 0 Å². The van der Waals surface area contributed by atoms with Crippen LogP contribution in [0.3, 0.4) is 0 Å². The minimum atomic E-state index is 0.706. The van der Waals surface area contributed by atoms with Gasteiger partial charge in [0.2, 0.25) is 0 Å². The Kier molecular flexibility index (Phi) is 6.13. The predicted molar refractivity (Wildman–Crippen MR) is 106 cm³/mol. The largest absolute Gasteiger partial charge is 0.340 e. The van der Waals surface area contributed by atoms with Crippen molar-refractivity contribution in [3.63, 3.8) is 0 Å². The highest BCUT2D eigenvalue weighted by atomic mass is 32.2. The summed E-state index contributed by atoms with van der Waals surface area (Å²) in [6.45, 7) is 0. The molecule has 0 aliphatic heterocycles. The fourth-order valence-corrected chi connectivity index (χ4v) is 3.11. The third kappa shape index (κ3) is 5.10. The fraction of sp³-hybridized carbons (Fsp3) is 0.0588. The van der Waals surface area contributed by atoms with Crippen molar-refractivity contribution in [1.82, 2.24) is 14.7 Å². The lowest BCUT2D eigenvalue weighted by Gasteiger charge is -2.10. The van der Waals surface area contributed by atoms with Gasteiger partial charge in [-0.3, -0.25) is 9.86 Å². The van der Waals surface area contributed by atoms with Crippen LogP contribution in [-0.4, -0.2) is 17.0 Å². The summed E-state index contributed by atoms with van der Waals surface area (Å²) in [4.78, 5) is 10.6. The van der Waals surface area contributed by atoms with Crippen LogP contribution in [0.5, 0.6) is 0 Å². The number of nitrogens with one attached hydrogen (secondary N) is 3. The molecule has 0 atom stereocenters. The third-order valence-corrected chi connectivity index (χ3v) is 4.46. The van der Waals surface area contributed by atoms with Crippen molar-refractivity contribution in [2.75, 3.05) is 17.7 Å². The first-order valence-electron chi connectivity index (χ1n) is 7.53. The standard InChI is InChI=1S/C17H18N6S2/c1-19-25-15-7-3-5-13(9-15)23-17-10-16(20-11-21-17)22-12-4-2-6-14(8-12)24-18/h2-11,19H,18H2,1H3,(H2,20,21,22,23). The summed E-state index contributed by atoms with van der Waals surface area (Å²) >= 11 is 2.77. The first-order chi connectivity index (χ1) is 12.3. The number of nitrogens with zero attached hydrogens (tertiary/aromatic N) is 2. The molecule has 0 unspecified atom stereocenters. The van der Waals surface area contributed by atoms with E-state index in [1.807, 2.05) is 55.6 Å². The number of aromatic nitrogens is 2. The van der Waals surface area contributed by atoms with Crippen molar-refractivity contribution < 1.29 is 0 Å². The van der Waals surface area contributed by atoms with E-state index in [4.69, 9.17) is 5.14 Å². The van der Waals surface area contributed by atoms with Crippen molar-refractivity contribution in [1.29, 1.82) is 0 Å². The maximum Gasteiger partial charge on any atom is 0.135 e. The van der Waals surface area contributed by atoms with Gasteiger partial charge in [-0.05, 0) is 67.3 Å². The van der Waals surface area contributed by atoms with Crippen LogP contribution in [0.1, 0.15) is 0 Å². The Morgan fingerprint density at radius 2 is 1.44 bits per heavy atom. The van der Waals surface area contributed by atoms with Crippen molar-refractivity contribution in [3.05, 3.63) is 60.9 Å². The SMILES string of the molecule is CNSc1cccc(Nc2cc(Nc3cccc(SN)c3)ncn2)c1. The van der Waals surface area contributed by atoms with Crippen LogP contribution in [-0.2, 0) is 0 Å². The molecule has 0 fully saturated rings. The second-order valence-electron chi connectivity index (χ2n) is 5.02. The highest BCUT2D eigenvalue weighted by molar-refractivity contribution is 7.97. The zero-order valence-corrected chi connectivity index (χ0v) is 15.2. The van der Waals surface area contributed by atoms with Gasteiger partial charge >= 0.3 is 0 Å². The molecule has 6 nitrogen and oxygen atoms in total. The molecule has 5 N–H and O–H groups in total. The molecule has 0 amide bonds. The van der Waals surface area contributed by atoms with Crippen molar-refractivity contribution >= 4 is 46.9 Å². The Hall–Kier alpha value is -2.26. The van der Waals surface area contributed by atoms with Crippen molar-refractivity contribution in [2.24, 2.45) is 5.14 Å². The predicted octanol–water partition coefficient (Wildman–Crippen LogP) is 4.16. The minimum absolute atomic E-state index is 0.706. The molecule has 25 heavy (non-hydrogen) atoms. The van der Waals surface area contributed by atoms with Gasteiger partial charge in [0.1, 0.15) is 18.0 Å². The molecule has 2 aromatic carbocycles. The lowest BCUT2D eigenvalue weighted by atomic mass is 10.3. The molecule has 0 radical (unpaired) electrons. The van der Waals surface area contributed by atoms with E-state index in [2.05, 4.69) is 31.4 Å². The van der Waals surface area contributed by atoms with E-state index in [0.717, 1.165) is 21.2 Å². The Bertz CT molecular complexity index is 843. The summed E-state index contributed by atoms with van der Waals surface area (Å²) in [6.07, 6.45) is 1.53. The molecular weight excluding hydrogens is 352 g/mol. The first-order valence-corrected chi connectivity index (χ1v) is 9.23. The van der Waals surface area contributed by atoms with E-state index < -0.39 is 0 Å².